The average Bonchev–Trinajstić information content (AvgIpc) is 2.98. The molecule has 1 aromatic heterocycles. The third kappa shape index (κ3) is 2.77. The number of carbonyl (C=O) groups is 1. The number of amides is 1. The summed E-state index contributed by atoms with van der Waals surface area (Å²) in [6.45, 7) is 0. The summed E-state index contributed by atoms with van der Waals surface area (Å²) in [5.41, 5.74) is -0.121. The van der Waals surface area contributed by atoms with Crippen molar-refractivity contribution in [3.8, 4) is 5.75 Å². The third-order valence-corrected chi connectivity index (χ3v) is 3.87. The van der Waals surface area contributed by atoms with Gasteiger partial charge in [0.2, 0.25) is 0 Å². The monoisotopic (exact) mass is 287 g/mol. The summed E-state index contributed by atoms with van der Waals surface area (Å²) in [7, 11) is 1.56. The lowest BCUT2D eigenvalue weighted by Gasteiger charge is -2.11. The Morgan fingerprint density at radius 1 is 1.29 bits per heavy atom. The van der Waals surface area contributed by atoms with E-state index in [1.54, 1.807) is 31.4 Å². The molecule has 0 radical (unpaired) electrons. The Kier molecular flexibility index (Phi) is 3.64. The van der Waals surface area contributed by atoms with Crippen molar-refractivity contribution in [3.05, 3.63) is 40.2 Å². The highest BCUT2D eigenvalue weighted by Gasteiger charge is 2.20. The SMILES string of the molecule is COc1ccc2oc(=O)c(C(=O)NC3CCCC3)cc2c1. The highest BCUT2D eigenvalue weighted by Crippen LogP contribution is 2.21. The molecule has 1 aliphatic carbocycles. The van der Waals surface area contributed by atoms with Gasteiger partial charge in [-0.1, -0.05) is 12.8 Å². The number of hydrogen-bond acceptors (Lipinski definition) is 4. The van der Waals surface area contributed by atoms with E-state index in [9.17, 15) is 9.59 Å². The zero-order valence-corrected chi connectivity index (χ0v) is 11.8. The molecule has 21 heavy (non-hydrogen) atoms. The number of nitrogens with one attached hydrogen (secondary N) is 1. The molecular weight excluding hydrogens is 270 g/mol. The van der Waals surface area contributed by atoms with E-state index in [1.807, 2.05) is 0 Å². The molecule has 0 saturated heterocycles. The van der Waals surface area contributed by atoms with Crippen LogP contribution in [0.15, 0.2) is 33.5 Å². The van der Waals surface area contributed by atoms with Gasteiger partial charge in [-0.2, -0.15) is 0 Å². The van der Waals surface area contributed by atoms with Gasteiger partial charge < -0.3 is 14.5 Å². The standard InChI is InChI=1S/C16H17NO4/c1-20-12-6-7-14-10(8-12)9-13(16(19)21-14)15(18)17-11-4-2-3-5-11/h6-9,11H,2-5H2,1H3,(H,17,18). The van der Waals surface area contributed by atoms with Crippen LogP contribution < -0.4 is 15.7 Å². The fourth-order valence-corrected chi connectivity index (χ4v) is 2.72. The predicted octanol–water partition coefficient (Wildman–Crippen LogP) is 2.47. The summed E-state index contributed by atoms with van der Waals surface area (Å²) in [4.78, 5) is 24.2. The Balaban J connectivity index is 1.94. The van der Waals surface area contributed by atoms with Crippen molar-refractivity contribution in [2.24, 2.45) is 0 Å². The lowest BCUT2D eigenvalue weighted by Crippen LogP contribution is -2.35. The van der Waals surface area contributed by atoms with E-state index in [0.29, 0.717) is 16.7 Å². The highest BCUT2D eigenvalue weighted by molar-refractivity contribution is 5.96. The molecule has 3 rings (SSSR count). The molecule has 1 aliphatic rings. The second kappa shape index (κ2) is 5.60. The zero-order valence-electron chi connectivity index (χ0n) is 11.8. The Morgan fingerprint density at radius 2 is 2.05 bits per heavy atom. The molecule has 1 heterocycles. The number of benzene rings is 1. The van der Waals surface area contributed by atoms with Gasteiger partial charge in [-0.15, -0.1) is 0 Å². The summed E-state index contributed by atoms with van der Waals surface area (Å²) in [5.74, 6) is 0.291. The lowest BCUT2D eigenvalue weighted by atomic mass is 10.1. The molecule has 2 aromatic rings. The topological polar surface area (TPSA) is 68.5 Å². The van der Waals surface area contributed by atoms with Crippen LogP contribution in [0.3, 0.4) is 0 Å². The van der Waals surface area contributed by atoms with Crippen LogP contribution >= 0.6 is 0 Å². The second-order valence-electron chi connectivity index (χ2n) is 5.31. The molecule has 5 heteroatoms. The molecule has 1 N–H and O–H groups in total. The minimum Gasteiger partial charge on any atom is -0.497 e. The van der Waals surface area contributed by atoms with Crippen molar-refractivity contribution in [2.75, 3.05) is 7.11 Å². The van der Waals surface area contributed by atoms with Crippen molar-refractivity contribution < 1.29 is 13.9 Å². The molecule has 1 saturated carbocycles. The Bertz CT molecular complexity index is 729. The molecule has 0 aliphatic heterocycles. The van der Waals surface area contributed by atoms with E-state index in [1.165, 1.54) is 0 Å². The normalized spacial score (nSPS) is 15.3. The van der Waals surface area contributed by atoms with Crippen LogP contribution in [0.5, 0.6) is 5.75 Å². The fourth-order valence-electron chi connectivity index (χ4n) is 2.72. The van der Waals surface area contributed by atoms with Crippen molar-refractivity contribution in [2.45, 2.75) is 31.7 Å². The molecule has 0 bridgehead atoms. The highest BCUT2D eigenvalue weighted by atomic mass is 16.5. The quantitative estimate of drug-likeness (QED) is 0.881. The Morgan fingerprint density at radius 3 is 2.76 bits per heavy atom. The summed E-state index contributed by atoms with van der Waals surface area (Å²) >= 11 is 0. The maximum atomic E-state index is 12.2. The minimum absolute atomic E-state index is 0.0441. The van der Waals surface area contributed by atoms with E-state index >= 15 is 0 Å². The Hall–Kier alpha value is -2.30. The van der Waals surface area contributed by atoms with Crippen LogP contribution in [0.2, 0.25) is 0 Å². The van der Waals surface area contributed by atoms with Crippen LogP contribution in [-0.4, -0.2) is 19.1 Å². The van der Waals surface area contributed by atoms with Crippen molar-refractivity contribution in [1.82, 2.24) is 5.32 Å². The summed E-state index contributed by atoms with van der Waals surface area (Å²) in [6.07, 6.45) is 4.18. The largest absolute Gasteiger partial charge is 0.497 e. The van der Waals surface area contributed by atoms with Crippen molar-refractivity contribution in [1.29, 1.82) is 0 Å². The molecule has 0 unspecified atom stereocenters. The number of carbonyl (C=O) groups excluding carboxylic acids is 1. The van der Waals surface area contributed by atoms with Gasteiger partial charge in [0, 0.05) is 11.4 Å². The van der Waals surface area contributed by atoms with Crippen LogP contribution in [0.25, 0.3) is 11.0 Å². The third-order valence-electron chi connectivity index (χ3n) is 3.87. The van der Waals surface area contributed by atoms with E-state index < -0.39 is 5.63 Å². The first-order valence-corrected chi connectivity index (χ1v) is 7.10. The summed E-state index contributed by atoms with van der Waals surface area (Å²) in [5, 5.41) is 3.57. The Labute approximate surface area is 121 Å². The smallest absolute Gasteiger partial charge is 0.349 e. The lowest BCUT2D eigenvalue weighted by molar-refractivity contribution is 0.0934. The number of methoxy groups -OCH3 is 1. The predicted molar refractivity (Wildman–Crippen MR) is 78.8 cm³/mol. The van der Waals surface area contributed by atoms with Gasteiger partial charge in [0.15, 0.2) is 0 Å². The van der Waals surface area contributed by atoms with Crippen molar-refractivity contribution in [3.63, 3.8) is 0 Å². The second-order valence-corrected chi connectivity index (χ2v) is 5.31. The number of fused-ring (bicyclic) bond motifs is 1. The van der Waals surface area contributed by atoms with Gasteiger partial charge in [0.05, 0.1) is 7.11 Å². The first kappa shape index (κ1) is 13.7. The molecule has 5 nitrogen and oxygen atoms in total. The average molecular weight is 287 g/mol. The first-order chi connectivity index (χ1) is 10.2. The van der Waals surface area contributed by atoms with E-state index in [-0.39, 0.29) is 17.5 Å². The van der Waals surface area contributed by atoms with Crippen molar-refractivity contribution >= 4 is 16.9 Å². The number of hydrogen-bond donors (Lipinski definition) is 1. The molecule has 110 valence electrons. The van der Waals surface area contributed by atoms with Gasteiger partial charge in [-0.25, -0.2) is 4.79 Å². The van der Waals surface area contributed by atoms with Crippen LogP contribution in [0.1, 0.15) is 36.0 Å². The maximum Gasteiger partial charge on any atom is 0.349 e. The summed E-state index contributed by atoms with van der Waals surface area (Å²) < 4.78 is 10.3. The molecule has 1 amide bonds. The number of rotatable bonds is 3. The van der Waals surface area contributed by atoms with Gasteiger partial charge in [0.1, 0.15) is 16.9 Å². The van der Waals surface area contributed by atoms with Gasteiger partial charge in [-0.3, -0.25) is 4.79 Å². The van der Waals surface area contributed by atoms with Crippen LogP contribution in [0.4, 0.5) is 0 Å². The maximum absolute atomic E-state index is 12.2. The van der Waals surface area contributed by atoms with Gasteiger partial charge in [-0.05, 0) is 37.1 Å². The summed E-state index contributed by atoms with van der Waals surface area (Å²) in [6, 6.07) is 6.84. The van der Waals surface area contributed by atoms with E-state index in [0.717, 1.165) is 25.7 Å². The number of ether oxygens (including phenoxy) is 1. The zero-order chi connectivity index (χ0) is 14.8. The fraction of sp³-hybridized carbons (Fsp3) is 0.375. The molecule has 1 fully saturated rings. The first-order valence-electron chi connectivity index (χ1n) is 7.10. The van der Waals surface area contributed by atoms with Gasteiger partial charge in [0.25, 0.3) is 5.91 Å². The molecule has 0 spiro atoms. The minimum atomic E-state index is -0.608. The molecule has 0 atom stereocenters. The van der Waals surface area contributed by atoms with E-state index in [2.05, 4.69) is 5.32 Å². The molecule has 1 aromatic carbocycles. The van der Waals surface area contributed by atoms with Crippen LogP contribution in [0, 0.1) is 0 Å². The van der Waals surface area contributed by atoms with Gasteiger partial charge >= 0.3 is 5.63 Å². The molecular formula is C16H17NO4. The van der Waals surface area contributed by atoms with Crippen LogP contribution in [-0.2, 0) is 0 Å². The van der Waals surface area contributed by atoms with E-state index in [4.69, 9.17) is 9.15 Å².